The second-order valence-corrected chi connectivity index (χ2v) is 10.3. The maximum Gasteiger partial charge on any atom is 0.139 e. The lowest BCUT2D eigenvalue weighted by Crippen LogP contribution is -2.56. The van der Waals surface area contributed by atoms with Crippen LogP contribution in [0.2, 0.25) is 0 Å². The van der Waals surface area contributed by atoms with Gasteiger partial charge >= 0.3 is 0 Å². The third-order valence-electron chi connectivity index (χ3n) is 9.72. The minimum Gasteiger partial charge on any atom is -0.392 e. The van der Waals surface area contributed by atoms with Crippen molar-refractivity contribution in [1.82, 2.24) is 0 Å². The van der Waals surface area contributed by atoms with Crippen LogP contribution in [0.4, 0.5) is 0 Å². The monoisotopic (exact) mass is 330 g/mol. The summed E-state index contributed by atoms with van der Waals surface area (Å²) < 4.78 is 0. The molecule has 0 radical (unpaired) electrons. The van der Waals surface area contributed by atoms with Crippen LogP contribution in [0, 0.1) is 39.4 Å². The predicted octanol–water partition coefficient (Wildman–Crippen LogP) is 4.76. The number of aliphatic hydroxyl groups is 1. The molecule has 4 aliphatic rings. The summed E-state index contributed by atoms with van der Waals surface area (Å²) in [7, 11) is 0. The number of hydrogen-bond acceptors (Lipinski definition) is 2. The molecule has 0 aromatic carbocycles. The Morgan fingerprint density at radius 1 is 1.12 bits per heavy atom. The molecular weight excluding hydrogens is 296 g/mol. The molecule has 6 unspecified atom stereocenters. The molecule has 0 aromatic rings. The van der Waals surface area contributed by atoms with E-state index in [2.05, 4.69) is 34.3 Å². The molecule has 8 atom stereocenters. The minimum absolute atomic E-state index is 0.0671. The Labute approximate surface area is 147 Å². The van der Waals surface area contributed by atoms with Gasteiger partial charge in [0, 0.05) is 17.3 Å². The lowest BCUT2D eigenvalue weighted by atomic mass is 9.47. The molecule has 0 heterocycles. The maximum absolute atomic E-state index is 13.1. The average Bonchev–Trinajstić information content (AvgIpc) is 2.97. The number of ketones is 1. The fourth-order valence-electron chi connectivity index (χ4n) is 8.05. The zero-order valence-electron chi connectivity index (χ0n) is 15.9. The van der Waals surface area contributed by atoms with Gasteiger partial charge in [0.15, 0.2) is 0 Å². The van der Waals surface area contributed by atoms with Crippen molar-refractivity contribution in [3.8, 4) is 0 Å². The highest BCUT2D eigenvalue weighted by Gasteiger charge is 2.74. The summed E-state index contributed by atoms with van der Waals surface area (Å²) in [5.74, 6) is 1.86. The molecule has 0 saturated heterocycles. The third kappa shape index (κ3) is 1.65. The number of aliphatic hydroxyl groups excluding tert-OH is 1. The van der Waals surface area contributed by atoms with Gasteiger partial charge in [0.2, 0.25) is 0 Å². The van der Waals surface area contributed by atoms with E-state index < -0.39 is 0 Å². The molecule has 134 valence electrons. The molecular formula is C22H34O2. The first-order valence-corrected chi connectivity index (χ1v) is 10.0. The first kappa shape index (κ1) is 16.8. The van der Waals surface area contributed by atoms with Gasteiger partial charge in [-0.15, -0.1) is 6.58 Å². The van der Waals surface area contributed by atoms with Crippen LogP contribution in [0.3, 0.4) is 0 Å². The Morgan fingerprint density at radius 2 is 1.83 bits per heavy atom. The molecule has 0 aliphatic heterocycles. The number of rotatable bonds is 1. The van der Waals surface area contributed by atoms with E-state index in [4.69, 9.17) is 0 Å². The van der Waals surface area contributed by atoms with Gasteiger partial charge < -0.3 is 5.11 Å². The summed E-state index contributed by atoms with van der Waals surface area (Å²) in [5.41, 5.74) is 0.0995. The third-order valence-corrected chi connectivity index (χ3v) is 9.72. The molecule has 4 aliphatic carbocycles. The minimum atomic E-state index is -0.348. The van der Waals surface area contributed by atoms with Crippen LogP contribution < -0.4 is 0 Å². The van der Waals surface area contributed by atoms with E-state index >= 15 is 0 Å². The zero-order chi connectivity index (χ0) is 17.5. The molecule has 2 heteroatoms. The van der Waals surface area contributed by atoms with Crippen LogP contribution in [0.25, 0.3) is 0 Å². The van der Waals surface area contributed by atoms with Crippen molar-refractivity contribution in [1.29, 1.82) is 0 Å². The second-order valence-electron chi connectivity index (χ2n) is 10.3. The summed E-state index contributed by atoms with van der Waals surface area (Å²) in [6.45, 7) is 13.4. The van der Waals surface area contributed by atoms with Gasteiger partial charge in [-0.25, -0.2) is 0 Å². The van der Waals surface area contributed by atoms with Crippen LogP contribution in [-0.4, -0.2) is 17.0 Å². The normalized spacial score (nSPS) is 59.6. The van der Waals surface area contributed by atoms with Gasteiger partial charge in [0.05, 0.1) is 6.10 Å². The Hall–Kier alpha value is -0.630. The van der Waals surface area contributed by atoms with Crippen LogP contribution in [0.5, 0.6) is 0 Å². The summed E-state index contributed by atoms with van der Waals surface area (Å²) in [6, 6.07) is 0. The summed E-state index contributed by atoms with van der Waals surface area (Å²) in [6.07, 6.45) is 8.77. The van der Waals surface area contributed by atoms with E-state index in [0.717, 1.165) is 44.9 Å². The number of hydrogen-bond donors (Lipinski definition) is 1. The molecule has 0 aromatic heterocycles. The van der Waals surface area contributed by atoms with Crippen molar-refractivity contribution in [2.75, 3.05) is 0 Å². The zero-order valence-corrected chi connectivity index (χ0v) is 15.9. The van der Waals surface area contributed by atoms with Crippen LogP contribution in [-0.2, 0) is 4.79 Å². The molecule has 4 saturated carbocycles. The molecule has 2 bridgehead atoms. The van der Waals surface area contributed by atoms with Gasteiger partial charge in [-0.1, -0.05) is 33.8 Å². The van der Waals surface area contributed by atoms with Crippen molar-refractivity contribution in [2.45, 2.75) is 78.7 Å². The van der Waals surface area contributed by atoms with E-state index in [-0.39, 0.29) is 33.7 Å². The van der Waals surface area contributed by atoms with E-state index in [0.29, 0.717) is 17.6 Å². The molecule has 0 amide bonds. The van der Waals surface area contributed by atoms with Crippen molar-refractivity contribution in [3.63, 3.8) is 0 Å². The lowest BCUT2D eigenvalue weighted by molar-refractivity contribution is -0.154. The Bertz CT molecular complexity index is 597. The fourth-order valence-corrected chi connectivity index (χ4v) is 8.05. The summed E-state index contributed by atoms with van der Waals surface area (Å²) in [4.78, 5) is 13.1. The quantitative estimate of drug-likeness (QED) is 0.704. The van der Waals surface area contributed by atoms with E-state index in [9.17, 15) is 9.90 Å². The SMILES string of the molecule is C=C[C@]1(C)CCC2(C)C(C)CC34CCC(CCC3=O)(C42)[C@@H](C)C1O. The van der Waals surface area contributed by atoms with Crippen LogP contribution in [0.1, 0.15) is 72.6 Å². The van der Waals surface area contributed by atoms with Gasteiger partial charge in [-0.05, 0) is 67.1 Å². The summed E-state index contributed by atoms with van der Waals surface area (Å²) in [5, 5.41) is 11.3. The van der Waals surface area contributed by atoms with E-state index in [1.54, 1.807) is 0 Å². The fraction of sp³-hybridized carbons (Fsp3) is 0.864. The predicted molar refractivity (Wildman–Crippen MR) is 96.4 cm³/mol. The van der Waals surface area contributed by atoms with Gasteiger partial charge in [-0.3, -0.25) is 4.79 Å². The van der Waals surface area contributed by atoms with Gasteiger partial charge in [0.25, 0.3) is 0 Å². The molecule has 1 N–H and O–H groups in total. The standard InChI is InChI=1S/C22H34O2/c1-6-19(4)9-10-20(5)14(2)13-22-12-11-21(18(20)22,8-7-16(22)23)15(3)17(19)24/h6,14-15,17-18,24H,1,7-13H2,2-5H3/t14?,15-,17?,18?,19+,20?,21?,22?/m0/s1. The van der Waals surface area contributed by atoms with E-state index in [1.165, 1.54) is 0 Å². The second kappa shape index (κ2) is 4.75. The summed E-state index contributed by atoms with van der Waals surface area (Å²) >= 11 is 0. The maximum atomic E-state index is 13.1. The van der Waals surface area contributed by atoms with Crippen LogP contribution >= 0.6 is 0 Å². The number of Topliss-reactive ketones (excluding diaryl/α,β-unsaturated/α-hetero) is 1. The molecule has 24 heavy (non-hydrogen) atoms. The van der Waals surface area contributed by atoms with Crippen LogP contribution in [0.15, 0.2) is 12.7 Å². The Morgan fingerprint density at radius 3 is 2.50 bits per heavy atom. The molecule has 2 nitrogen and oxygen atoms in total. The number of carbonyl (C=O) groups is 1. The highest BCUT2D eigenvalue weighted by Crippen LogP contribution is 2.78. The van der Waals surface area contributed by atoms with Crippen molar-refractivity contribution in [2.24, 2.45) is 39.4 Å². The smallest absolute Gasteiger partial charge is 0.139 e. The van der Waals surface area contributed by atoms with E-state index in [1.807, 2.05) is 6.08 Å². The van der Waals surface area contributed by atoms with Crippen molar-refractivity contribution < 1.29 is 9.90 Å². The van der Waals surface area contributed by atoms with Gasteiger partial charge in [-0.2, -0.15) is 0 Å². The first-order valence-electron chi connectivity index (χ1n) is 10.0. The highest BCUT2D eigenvalue weighted by molar-refractivity contribution is 5.87. The molecule has 0 spiro atoms. The molecule has 4 fully saturated rings. The lowest BCUT2D eigenvalue weighted by Gasteiger charge is -2.58. The van der Waals surface area contributed by atoms with Gasteiger partial charge in [0.1, 0.15) is 5.78 Å². The topological polar surface area (TPSA) is 37.3 Å². The Balaban J connectivity index is 1.91. The Kier molecular flexibility index (Phi) is 3.33. The highest BCUT2D eigenvalue weighted by atomic mass is 16.3. The first-order chi connectivity index (χ1) is 11.2. The molecule has 4 rings (SSSR count). The number of carbonyl (C=O) groups excluding carboxylic acids is 1. The van der Waals surface area contributed by atoms with Crippen molar-refractivity contribution in [3.05, 3.63) is 12.7 Å². The van der Waals surface area contributed by atoms with Crippen molar-refractivity contribution >= 4 is 5.78 Å². The average molecular weight is 331 g/mol. The largest absolute Gasteiger partial charge is 0.392 e.